The molecule has 0 saturated carbocycles. The average Bonchev–Trinajstić information content (AvgIpc) is 3.09. The summed E-state index contributed by atoms with van der Waals surface area (Å²) in [7, 11) is -2.16. The third-order valence-electron chi connectivity index (χ3n) is 3.41. The van der Waals surface area contributed by atoms with Gasteiger partial charge in [-0.1, -0.05) is 24.3 Å². The number of sulfone groups is 1. The molecule has 0 atom stereocenters. The van der Waals surface area contributed by atoms with Gasteiger partial charge in [-0.05, 0) is 36.4 Å². The average molecular weight is 313 g/mol. The lowest BCUT2D eigenvalue weighted by Gasteiger charge is -2.13. The second-order valence-corrected chi connectivity index (χ2v) is 6.66. The van der Waals surface area contributed by atoms with Gasteiger partial charge < -0.3 is 9.72 Å². The Balaban J connectivity index is 2.22. The van der Waals surface area contributed by atoms with Crippen LogP contribution in [0.25, 0.3) is 11.3 Å². The molecule has 0 saturated heterocycles. The Bertz CT molecular complexity index is 870. The molecule has 0 aliphatic heterocycles. The second-order valence-electron chi connectivity index (χ2n) is 4.74. The minimum Gasteiger partial charge on any atom is -0.495 e. The Hall–Kier alpha value is -2.53. The number of hydrogen-bond donors (Lipinski definition) is 1. The first-order valence-electron chi connectivity index (χ1n) is 6.75. The number of nitrogens with one attached hydrogen (secondary N) is 1. The number of aromatic amines is 1. The summed E-state index contributed by atoms with van der Waals surface area (Å²) in [4.78, 5) is 3.48. The molecule has 1 heterocycles. The molecule has 1 N–H and O–H groups in total. The number of H-pyrrole nitrogens is 1. The number of rotatable bonds is 4. The van der Waals surface area contributed by atoms with Gasteiger partial charge in [0.2, 0.25) is 9.84 Å². The Morgan fingerprint density at radius 3 is 2.32 bits per heavy atom. The zero-order valence-electron chi connectivity index (χ0n) is 12.0. The molecular weight excluding hydrogens is 298 g/mol. The summed E-state index contributed by atoms with van der Waals surface area (Å²) < 4.78 is 31.1. The minimum atomic E-state index is -3.63. The molecule has 0 bridgehead atoms. The number of ether oxygens (including phenoxy) is 1. The van der Waals surface area contributed by atoms with Gasteiger partial charge in [0.05, 0.1) is 12.0 Å². The second kappa shape index (κ2) is 5.69. The highest BCUT2D eigenvalue weighted by atomic mass is 32.2. The fourth-order valence-electron chi connectivity index (χ4n) is 2.37. The molecule has 0 aliphatic rings. The first-order valence-corrected chi connectivity index (χ1v) is 8.24. The molecule has 0 unspecified atom stereocenters. The van der Waals surface area contributed by atoms with E-state index in [9.17, 15) is 8.42 Å². The summed E-state index contributed by atoms with van der Waals surface area (Å²) in [5.41, 5.74) is 1.52. The lowest BCUT2D eigenvalue weighted by Crippen LogP contribution is -2.05. The van der Waals surface area contributed by atoms with Crippen LogP contribution in [0.4, 0.5) is 0 Å². The van der Waals surface area contributed by atoms with Crippen LogP contribution in [0.2, 0.25) is 0 Å². The zero-order valence-corrected chi connectivity index (χ0v) is 12.8. The Morgan fingerprint density at radius 1 is 0.909 bits per heavy atom. The van der Waals surface area contributed by atoms with Crippen molar-refractivity contribution in [3.05, 3.63) is 66.9 Å². The molecule has 0 amide bonds. The lowest BCUT2D eigenvalue weighted by molar-refractivity contribution is 0.404. The number of hydrogen-bond acceptors (Lipinski definition) is 3. The topological polar surface area (TPSA) is 59.2 Å². The van der Waals surface area contributed by atoms with Gasteiger partial charge >= 0.3 is 0 Å². The van der Waals surface area contributed by atoms with Gasteiger partial charge in [0, 0.05) is 17.5 Å². The number of para-hydroxylation sites is 1. The van der Waals surface area contributed by atoms with Gasteiger partial charge in [-0.25, -0.2) is 8.42 Å². The van der Waals surface area contributed by atoms with Gasteiger partial charge in [-0.15, -0.1) is 0 Å². The van der Waals surface area contributed by atoms with Gasteiger partial charge in [0.1, 0.15) is 10.6 Å². The summed E-state index contributed by atoms with van der Waals surface area (Å²) in [6.45, 7) is 0. The molecule has 4 nitrogen and oxygen atoms in total. The van der Waals surface area contributed by atoms with Crippen molar-refractivity contribution in [2.75, 3.05) is 7.11 Å². The van der Waals surface area contributed by atoms with Crippen molar-refractivity contribution in [3.63, 3.8) is 0 Å². The van der Waals surface area contributed by atoms with Crippen LogP contribution in [0, 0.1) is 0 Å². The summed E-state index contributed by atoms with van der Waals surface area (Å²) in [6.07, 6.45) is 1.78. The predicted molar refractivity (Wildman–Crippen MR) is 84.7 cm³/mol. The third-order valence-corrected chi connectivity index (χ3v) is 5.21. The monoisotopic (exact) mass is 313 g/mol. The molecule has 0 aliphatic carbocycles. The summed E-state index contributed by atoms with van der Waals surface area (Å²) >= 11 is 0. The molecule has 0 fully saturated rings. The van der Waals surface area contributed by atoms with Crippen molar-refractivity contribution < 1.29 is 13.2 Å². The highest BCUT2D eigenvalue weighted by Gasteiger charge is 2.24. The van der Waals surface area contributed by atoms with Crippen LogP contribution in [0.1, 0.15) is 0 Å². The maximum Gasteiger partial charge on any atom is 0.210 e. The highest BCUT2D eigenvalue weighted by molar-refractivity contribution is 7.91. The first-order chi connectivity index (χ1) is 10.6. The highest BCUT2D eigenvalue weighted by Crippen LogP contribution is 2.37. The Kier molecular flexibility index (Phi) is 3.73. The van der Waals surface area contributed by atoms with E-state index in [1.54, 1.807) is 48.7 Å². The Morgan fingerprint density at radius 2 is 1.68 bits per heavy atom. The van der Waals surface area contributed by atoms with Crippen LogP contribution in [-0.4, -0.2) is 20.5 Å². The first kappa shape index (κ1) is 14.4. The largest absolute Gasteiger partial charge is 0.495 e. The molecule has 5 heteroatoms. The van der Waals surface area contributed by atoms with Crippen LogP contribution >= 0.6 is 0 Å². The van der Waals surface area contributed by atoms with E-state index in [-0.39, 0.29) is 9.79 Å². The standard InChI is InChI=1S/C17H15NO3S/c1-21-17-14(15-10-6-12-18-15)9-5-11-16(17)22(19,20)13-7-3-2-4-8-13/h2-12,18H,1H3. The van der Waals surface area contributed by atoms with E-state index in [2.05, 4.69) is 4.98 Å². The number of benzene rings is 2. The SMILES string of the molecule is COc1c(-c2ccc[nH]2)cccc1S(=O)(=O)c1ccccc1. The molecule has 0 spiro atoms. The number of methoxy groups -OCH3 is 1. The van der Waals surface area contributed by atoms with Gasteiger partial charge in [-0.2, -0.15) is 0 Å². The van der Waals surface area contributed by atoms with E-state index in [0.29, 0.717) is 11.3 Å². The van der Waals surface area contributed by atoms with Crippen molar-refractivity contribution >= 4 is 9.84 Å². The maximum absolute atomic E-state index is 12.8. The van der Waals surface area contributed by atoms with Crippen LogP contribution in [0.5, 0.6) is 5.75 Å². The fourth-order valence-corrected chi connectivity index (χ4v) is 3.84. The Labute approximate surface area is 129 Å². The smallest absolute Gasteiger partial charge is 0.210 e. The van der Waals surface area contributed by atoms with Crippen molar-refractivity contribution in [1.82, 2.24) is 4.98 Å². The van der Waals surface area contributed by atoms with Crippen molar-refractivity contribution in [2.45, 2.75) is 9.79 Å². The molecule has 3 rings (SSSR count). The quantitative estimate of drug-likeness (QED) is 0.801. The molecule has 1 aromatic heterocycles. The van der Waals surface area contributed by atoms with Crippen LogP contribution in [-0.2, 0) is 9.84 Å². The third kappa shape index (κ3) is 2.40. The molecule has 22 heavy (non-hydrogen) atoms. The summed E-state index contributed by atoms with van der Waals surface area (Å²) in [5.74, 6) is 0.341. The molecule has 0 radical (unpaired) electrons. The molecule has 2 aromatic carbocycles. The van der Waals surface area contributed by atoms with Crippen LogP contribution < -0.4 is 4.74 Å². The zero-order chi connectivity index (χ0) is 15.6. The van der Waals surface area contributed by atoms with E-state index in [1.165, 1.54) is 7.11 Å². The molecule has 3 aromatic rings. The molecule has 112 valence electrons. The normalized spacial score (nSPS) is 11.3. The summed E-state index contributed by atoms with van der Waals surface area (Å²) in [5, 5.41) is 0. The van der Waals surface area contributed by atoms with E-state index in [4.69, 9.17) is 4.74 Å². The molecular formula is C17H15NO3S. The van der Waals surface area contributed by atoms with Crippen LogP contribution in [0.3, 0.4) is 0 Å². The van der Waals surface area contributed by atoms with Crippen molar-refractivity contribution in [1.29, 1.82) is 0 Å². The van der Waals surface area contributed by atoms with Gasteiger partial charge in [0.15, 0.2) is 0 Å². The summed E-state index contributed by atoms with van der Waals surface area (Å²) in [6, 6.07) is 17.2. The van der Waals surface area contributed by atoms with E-state index >= 15 is 0 Å². The minimum absolute atomic E-state index is 0.160. The van der Waals surface area contributed by atoms with Crippen molar-refractivity contribution in [2.24, 2.45) is 0 Å². The van der Waals surface area contributed by atoms with E-state index in [0.717, 1.165) is 5.69 Å². The van der Waals surface area contributed by atoms with Crippen LogP contribution in [0.15, 0.2) is 76.7 Å². The maximum atomic E-state index is 12.8. The van der Waals surface area contributed by atoms with Gasteiger partial charge in [-0.3, -0.25) is 0 Å². The van der Waals surface area contributed by atoms with Gasteiger partial charge in [0.25, 0.3) is 0 Å². The lowest BCUT2D eigenvalue weighted by atomic mass is 10.1. The fraction of sp³-hybridized carbons (Fsp3) is 0.0588. The number of aromatic nitrogens is 1. The van der Waals surface area contributed by atoms with Crippen molar-refractivity contribution in [3.8, 4) is 17.0 Å². The van der Waals surface area contributed by atoms with E-state index in [1.807, 2.05) is 18.2 Å². The predicted octanol–water partition coefficient (Wildman–Crippen LogP) is 3.52. The van der Waals surface area contributed by atoms with E-state index < -0.39 is 9.84 Å².